The summed E-state index contributed by atoms with van der Waals surface area (Å²) < 4.78 is 10.3. The van der Waals surface area contributed by atoms with E-state index in [4.69, 9.17) is 14.6 Å². The highest BCUT2D eigenvalue weighted by Gasteiger charge is 2.33. The van der Waals surface area contributed by atoms with Crippen molar-refractivity contribution >= 4 is 0 Å². The Kier molecular flexibility index (Phi) is 3.26. The molecule has 0 aromatic heterocycles. The fraction of sp³-hybridized carbons (Fsp3) is 1.00. The van der Waals surface area contributed by atoms with Crippen molar-refractivity contribution in [2.24, 2.45) is 0 Å². The normalized spacial score (nSPS) is 37.9. The van der Waals surface area contributed by atoms with Crippen molar-refractivity contribution < 1.29 is 19.7 Å². The van der Waals surface area contributed by atoms with Crippen LogP contribution in [0.4, 0.5) is 0 Å². The lowest BCUT2D eigenvalue weighted by molar-refractivity contribution is -0.140. The molecule has 1 saturated heterocycles. The largest absolute Gasteiger partial charge is 0.394 e. The number of hydrogen-bond donors (Lipinski definition) is 2. The van der Waals surface area contributed by atoms with Crippen molar-refractivity contribution in [3.63, 3.8) is 0 Å². The third kappa shape index (κ3) is 2.13. The molecule has 0 saturated carbocycles. The summed E-state index contributed by atoms with van der Waals surface area (Å²) in [5, 5.41) is 17.9. The summed E-state index contributed by atoms with van der Waals surface area (Å²) in [4.78, 5) is 0. The first-order chi connectivity index (χ1) is 5.27. The van der Waals surface area contributed by atoms with E-state index in [1.54, 1.807) is 0 Å². The van der Waals surface area contributed by atoms with Crippen molar-refractivity contribution in [2.45, 2.75) is 31.8 Å². The first-order valence-electron chi connectivity index (χ1n) is 3.84. The van der Waals surface area contributed by atoms with Crippen LogP contribution < -0.4 is 0 Å². The molecule has 1 fully saturated rings. The smallest absolute Gasteiger partial charge is 0.160 e. The molecule has 2 N–H and O–H groups in total. The molecule has 3 atom stereocenters. The summed E-state index contributed by atoms with van der Waals surface area (Å²) in [7, 11) is 0. The standard InChI is InChI=1S/C7H14O4/c1-2-10-7-3-5(9)6(4-8)11-7/h5-9H,2-4H2,1H3/t5-,6+,7?/m0/s1. The van der Waals surface area contributed by atoms with E-state index < -0.39 is 12.2 Å². The molecular formula is C7H14O4. The van der Waals surface area contributed by atoms with Gasteiger partial charge in [-0.15, -0.1) is 0 Å². The summed E-state index contributed by atoms with van der Waals surface area (Å²) >= 11 is 0. The van der Waals surface area contributed by atoms with Crippen molar-refractivity contribution in [2.75, 3.05) is 13.2 Å². The quantitative estimate of drug-likeness (QED) is 0.587. The molecular weight excluding hydrogens is 148 g/mol. The molecule has 0 aromatic rings. The van der Waals surface area contributed by atoms with Crippen LogP contribution in [0.15, 0.2) is 0 Å². The highest BCUT2D eigenvalue weighted by Crippen LogP contribution is 2.20. The molecule has 0 radical (unpaired) electrons. The molecule has 1 heterocycles. The molecule has 0 spiro atoms. The third-order valence-corrected chi connectivity index (χ3v) is 1.72. The molecule has 0 aromatic carbocycles. The lowest BCUT2D eigenvalue weighted by atomic mass is 10.2. The van der Waals surface area contributed by atoms with E-state index in [0.29, 0.717) is 13.0 Å². The Morgan fingerprint density at radius 2 is 2.36 bits per heavy atom. The van der Waals surface area contributed by atoms with Crippen molar-refractivity contribution in [3.8, 4) is 0 Å². The van der Waals surface area contributed by atoms with Gasteiger partial charge in [0.2, 0.25) is 0 Å². The molecule has 1 unspecified atom stereocenters. The minimum Gasteiger partial charge on any atom is -0.394 e. The molecule has 0 aliphatic carbocycles. The van der Waals surface area contributed by atoms with Gasteiger partial charge in [0.15, 0.2) is 6.29 Å². The summed E-state index contributed by atoms with van der Waals surface area (Å²) in [6, 6.07) is 0. The zero-order valence-corrected chi connectivity index (χ0v) is 6.56. The Balaban J connectivity index is 2.30. The Labute approximate surface area is 65.7 Å². The van der Waals surface area contributed by atoms with Crippen LogP contribution in [0.1, 0.15) is 13.3 Å². The van der Waals surface area contributed by atoms with Crippen LogP contribution in [0.5, 0.6) is 0 Å². The topological polar surface area (TPSA) is 58.9 Å². The maximum absolute atomic E-state index is 9.22. The fourth-order valence-electron chi connectivity index (χ4n) is 1.15. The molecule has 4 heteroatoms. The average Bonchev–Trinajstić information content (AvgIpc) is 2.32. The van der Waals surface area contributed by atoms with Crippen LogP contribution in [0, 0.1) is 0 Å². The van der Waals surface area contributed by atoms with E-state index >= 15 is 0 Å². The molecule has 0 amide bonds. The first-order valence-corrected chi connectivity index (χ1v) is 3.84. The Morgan fingerprint density at radius 1 is 1.64 bits per heavy atom. The van der Waals surface area contributed by atoms with Crippen molar-refractivity contribution in [3.05, 3.63) is 0 Å². The van der Waals surface area contributed by atoms with E-state index in [1.807, 2.05) is 6.92 Å². The minimum atomic E-state index is -0.587. The van der Waals surface area contributed by atoms with Crippen molar-refractivity contribution in [1.82, 2.24) is 0 Å². The van der Waals surface area contributed by atoms with Gasteiger partial charge in [-0.25, -0.2) is 0 Å². The Bertz CT molecular complexity index is 117. The van der Waals surface area contributed by atoms with E-state index in [2.05, 4.69) is 0 Å². The van der Waals surface area contributed by atoms with Crippen LogP contribution in [0.2, 0.25) is 0 Å². The Morgan fingerprint density at radius 3 is 2.82 bits per heavy atom. The van der Waals surface area contributed by atoms with Gasteiger partial charge in [-0.1, -0.05) is 0 Å². The maximum atomic E-state index is 9.22. The molecule has 1 aliphatic rings. The second-order valence-corrected chi connectivity index (χ2v) is 2.55. The first kappa shape index (κ1) is 8.93. The molecule has 1 rings (SSSR count). The number of rotatable bonds is 3. The number of hydrogen-bond acceptors (Lipinski definition) is 4. The van der Waals surface area contributed by atoms with E-state index in [0.717, 1.165) is 0 Å². The van der Waals surface area contributed by atoms with Gasteiger partial charge in [0.25, 0.3) is 0 Å². The Hall–Kier alpha value is -0.160. The minimum absolute atomic E-state index is 0.148. The van der Waals surface area contributed by atoms with E-state index in [1.165, 1.54) is 0 Å². The molecule has 1 aliphatic heterocycles. The predicted octanol–water partition coefficient (Wildman–Crippen LogP) is -0.509. The van der Waals surface area contributed by atoms with Gasteiger partial charge in [-0.2, -0.15) is 0 Å². The van der Waals surface area contributed by atoms with Crippen LogP contribution in [0.3, 0.4) is 0 Å². The second-order valence-electron chi connectivity index (χ2n) is 2.55. The average molecular weight is 162 g/mol. The number of aliphatic hydroxyl groups is 2. The molecule has 11 heavy (non-hydrogen) atoms. The lowest BCUT2D eigenvalue weighted by Crippen LogP contribution is -2.24. The van der Waals surface area contributed by atoms with E-state index in [-0.39, 0.29) is 12.9 Å². The van der Waals surface area contributed by atoms with E-state index in [9.17, 15) is 5.11 Å². The van der Waals surface area contributed by atoms with Gasteiger partial charge in [0, 0.05) is 13.0 Å². The maximum Gasteiger partial charge on any atom is 0.160 e. The van der Waals surface area contributed by atoms with Gasteiger partial charge in [-0.3, -0.25) is 0 Å². The third-order valence-electron chi connectivity index (χ3n) is 1.72. The monoisotopic (exact) mass is 162 g/mol. The van der Waals surface area contributed by atoms with Gasteiger partial charge in [-0.05, 0) is 6.92 Å². The summed E-state index contributed by atoms with van der Waals surface area (Å²) in [6.07, 6.45) is -0.936. The van der Waals surface area contributed by atoms with Crippen LogP contribution in [0.25, 0.3) is 0 Å². The summed E-state index contributed by atoms with van der Waals surface area (Å²) in [5.41, 5.74) is 0. The highest BCUT2D eigenvalue weighted by molar-refractivity contribution is 4.76. The zero-order valence-electron chi connectivity index (χ0n) is 6.56. The van der Waals surface area contributed by atoms with Gasteiger partial charge in [0.1, 0.15) is 6.10 Å². The van der Waals surface area contributed by atoms with Crippen LogP contribution in [-0.2, 0) is 9.47 Å². The summed E-state index contributed by atoms with van der Waals surface area (Å²) in [5.74, 6) is 0. The number of ether oxygens (including phenoxy) is 2. The highest BCUT2D eigenvalue weighted by atomic mass is 16.7. The van der Waals surface area contributed by atoms with Crippen LogP contribution in [-0.4, -0.2) is 41.9 Å². The molecule has 66 valence electrons. The van der Waals surface area contributed by atoms with Gasteiger partial charge < -0.3 is 19.7 Å². The molecule has 4 nitrogen and oxygen atoms in total. The van der Waals surface area contributed by atoms with Crippen LogP contribution >= 0.6 is 0 Å². The second kappa shape index (κ2) is 4.01. The fourth-order valence-corrected chi connectivity index (χ4v) is 1.15. The number of aliphatic hydroxyl groups excluding tert-OH is 2. The zero-order chi connectivity index (χ0) is 8.27. The van der Waals surface area contributed by atoms with Gasteiger partial charge >= 0.3 is 0 Å². The summed E-state index contributed by atoms with van der Waals surface area (Å²) in [6.45, 7) is 2.28. The lowest BCUT2D eigenvalue weighted by Gasteiger charge is -2.10. The van der Waals surface area contributed by atoms with Gasteiger partial charge in [0.05, 0.1) is 12.7 Å². The molecule has 0 bridgehead atoms. The SMILES string of the molecule is CCOC1C[C@H](O)[C@@H](CO)O1. The van der Waals surface area contributed by atoms with Crippen molar-refractivity contribution in [1.29, 1.82) is 0 Å². The predicted molar refractivity (Wildman–Crippen MR) is 38.0 cm³/mol.